The van der Waals surface area contributed by atoms with E-state index in [0.717, 1.165) is 17.5 Å². The van der Waals surface area contributed by atoms with E-state index >= 15 is 0 Å². The molecule has 11 nitrogen and oxygen atoms in total. The van der Waals surface area contributed by atoms with Crippen molar-refractivity contribution in [2.45, 2.75) is 51.7 Å². The Morgan fingerprint density at radius 2 is 1.80 bits per heavy atom. The molecule has 206 valence electrons. The normalized spacial score (nSPS) is 16.9. The number of nitrogen functional groups attached to an aromatic ring is 2. The van der Waals surface area contributed by atoms with Crippen LogP contribution in [0.3, 0.4) is 0 Å². The van der Waals surface area contributed by atoms with Crippen LogP contribution in [0.4, 0.5) is 17.6 Å². The maximum Gasteiger partial charge on any atom is 0.266 e. The van der Waals surface area contributed by atoms with Gasteiger partial charge in [0.1, 0.15) is 23.3 Å². The van der Waals surface area contributed by atoms with Gasteiger partial charge in [-0.05, 0) is 57.4 Å². The van der Waals surface area contributed by atoms with Crippen LogP contribution in [-0.2, 0) is 0 Å². The molecule has 1 aliphatic rings. The number of anilines is 3. The minimum atomic E-state index is -0.379. The zero-order valence-corrected chi connectivity index (χ0v) is 23.1. The van der Waals surface area contributed by atoms with Gasteiger partial charge in [0.2, 0.25) is 5.95 Å². The highest BCUT2D eigenvalue weighted by Crippen LogP contribution is 2.41. The standard InChI is InChI=1S/C30H30N10O/c1-17(2)38-16-19(15-34-38)21-10-7-11-23-25(21)29(41)40(20-8-5-4-6-9-20)28(35-23)24-13-12-18(3)39(24)27-22(14-31)26(32)36-30(33)37-27/h4-11,15-18,24H,12-13H2,1-3H3,(H4,32,33,36,37)/t18-,24-/m0/s1. The smallest absolute Gasteiger partial charge is 0.266 e. The van der Waals surface area contributed by atoms with Gasteiger partial charge in [-0.25, -0.2) is 4.98 Å². The van der Waals surface area contributed by atoms with Crippen molar-refractivity contribution in [1.82, 2.24) is 29.3 Å². The van der Waals surface area contributed by atoms with Crippen LogP contribution >= 0.6 is 0 Å². The summed E-state index contributed by atoms with van der Waals surface area (Å²) in [5.41, 5.74) is 14.9. The average molecular weight is 547 g/mol. The Balaban J connectivity index is 1.63. The fraction of sp³-hybridized carbons (Fsp3) is 0.267. The maximum absolute atomic E-state index is 14.6. The molecule has 0 radical (unpaired) electrons. The fourth-order valence-electron chi connectivity index (χ4n) is 5.67. The summed E-state index contributed by atoms with van der Waals surface area (Å²) < 4.78 is 3.55. The number of nitrogens with two attached hydrogens (primary N) is 2. The van der Waals surface area contributed by atoms with E-state index in [4.69, 9.17) is 16.5 Å². The molecule has 5 aromatic rings. The number of hydrogen-bond donors (Lipinski definition) is 2. The van der Waals surface area contributed by atoms with Gasteiger partial charge in [0.15, 0.2) is 5.82 Å². The molecule has 1 saturated heterocycles. The molecular weight excluding hydrogens is 516 g/mol. The van der Waals surface area contributed by atoms with Crippen molar-refractivity contribution in [3.63, 3.8) is 0 Å². The number of aromatic nitrogens is 6. The summed E-state index contributed by atoms with van der Waals surface area (Å²) >= 11 is 0. The molecule has 0 unspecified atom stereocenters. The van der Waals surface area contributed by atoms with Crippen molar-refractivity contribution in [2.24, 2.45) is 0 Å². The van der Waals surface area contributed by atoms with E-state index in [1.165, 1.54) is 0 Å². The van der Waals surface area contributed by atoms with Crippen molar-refractivity contribution in [3.05, 3.63) is 82.7 Å². The van der Waals surface area contributed by atoms with Crippen LogP contribution in [0.5, 0.6) is 0 Å². The van der Waals surface area contributed by atoms with Crippen molar-refractivity contribution in [1.29, 1.82) is 5.26 Å². The second-order valence-electron chi connectivity index (χ2n) is 10.6. The second kappa shape index (κ2) is 10.1. The van der Waals surface area contributed by atoms with Gasteiger partial charge >= 0.3 is 0 Å². The number of nitrogens with zero attached hydrogens (tertiary/aromatic N) is 8. The highest BCUT2D eigenvalue weighted by Gasteiger charge is 2.38. The van der Waals surface area contributed by atoms with Gasteiger partial charge in [-0.3, -0.25) is 14.0 Å². The van der Waals surface area contributed by atoms with E-state index in [0.29, 0.717) is 34.7 Å². The summed E-state index contributed by atoms with van der Waals surface area (Å²) in [5.74, 6) is 0.892. The number of para-hydroxylation sites is 1. The fourth-order valence-corrected chi connectivity index (χ4v) is 5.67. The predicted molar refractivity (Wildman–Crippen MR) is 158 cm³/mol. The first-order valence-electron chi connectivity index (χ1n) is 13.6. The topological polar surface area (TPSA) is 158 Å². The Labute approximate surface area is 236 Å². The van der Waals surface area contributed by atoms with Crippen LogP contribution in [0.2, 0.25) is 0 Å². The van der Waals surface area contributed by atoms with Crippen molar-refractivity contribution in [3.8, 4) is 22.9 Å². The quantitative estimate of drug-likeness (QED) is 0.326. The van der Waals surface area contributed by atoms with E-state index in [2.05, 4.69) is 35.0 Å². The molecule has 4 N–H and O–H groups in total. The zero-order chi connectivity index (χ0) is 28.8. The monoisotopic (exact) mass is 546 g/mol. The highest BCUT2D eigenvalue weighted by atomic mass is 16.1. The molecule has 1 fully saturated rings. The molecule has 6 rings (SSSR count). The summed E-state index contributed by atoms with van der Waals surface area (Å²) in [6.45, 7) is 6.16. The lowest BCUT2D eigenvalue weighted by Crippen LogP contribution is -2.36. The largest absolute Gasteiger partial charge is 0.382 e. The summed E-state index contributed by atoms with van der Waals surface area (Å²) in [4.78, 5) is 30.1. The van der Waals surface area contributed by atoms with Gasteiger partial charge in [-0.15, -0.1) is 0 Å². The van der Waals surface area contributed by atoms with Crippen LogP contribution in [0.1, 0.15) is 57.1 Å². The van der Waals surface area contributed by atoms with Crippen molar-refractivity contribution >= 4 is 28.5 Å². The number of fused-ring (bicyclic) bond motifs is 1. The first-order valence-corrected chi connectivity index (χ1v) is 13.6. The molecule has 0 spiro atoms. The molecule has 3 aromatic heterocycles. The molecule has 0 aliphatic carbocycles. The number of hydrogen-bond acceptors (Lipinski definition) is 9. The number of nitriles is 1. The lowest BCUT2D eigenvalue weighted by Gasteiger charge is -2.31. The molecular formula is C30H30N10O. The SMILES string of the molecule is CC(C)n1cc(-c2cccc3nc([C@@H]4CC[C@H](C)N4c4nc(N)nc(N)c4C#N)n(-c4ccccc4)c(=O)c23)cn1. The van der Waals surface area contributed by atoms with Crippen LogP contribution in [0, 0.1) is 11.3 Å². The third-order valence-corrected chi connectivity index (χ3v) is 7.64. The number of benzene rings is 2. The molecule has 0 bridgehead atoms. The van der Waals surface area contributed by atoms with Gasteiger partial charge in [0, 0.05) is 23.8 Å². The molecule has 2 atom stereocenters. The average Bonchev–Trinajstić information content (AvgIpc) is 3.60. The Hall–Kier alpha value is -5.24. The Kier molecular flexibility index (Phi) is 6.38. The van der Waals surface area contributed by atoms with Crippen molar-refractivity contribution < 1.29 is 0 Å². The minimum absolute atomic E-state index is 0.0198. The van der Waals surface area contributed by atoms with Gasteiger partial charge in [-0.2, -0.15) is 20.3 Å². The third kappa shape index (κ3) is 4.34. The summed E-state index contributed by atoms with van der Waals surface area (Å²) in [5, 5.41) is 14.9. The maximum atomic E-state index is 14.6. The van der Waals surface area contributed by atoms with Crippen LogP contribution in [-0.4, -0.2) is 35.3 Å². The molecule has 2 aromatic carbocycles. The van der Waals surface area contributed by atoms with E-state index in [1.807, 2.05) is 71.2 Å². The Bertz CT molecular complexity index is 1870. The Morgan fingerprint density at radius 3 is 2.51 bits per heavy atom. The van der Waals surface area contributed by atoms with Crippen molar-refractivity contribution in [2.75, 3.05) is 16.4 Å². The Morgan fingerprint density at radius 1 is 1.02 bits per heavy atom. The van der Waals surface area contributed by atoms with Crippen LogP contribution in [0.25, 0.3) is 27.7 Å². The van der Waals surface area contributed by atoms with E-state index in [-0.39, 0.29) is 41.0 Å². The predicted octanol–water partition coefficient (Wildman–Crippen LogP) is 4.39. The van der Waals surface area contributed by atoms with E-state index in [1.54, 1.807) is 10.8 Å². The lowest BCUT2D eigenvalue weighted by molar-refractivity contribution is 0.532. The first kappa shape index (κ1) is 26.0. The lowest BCUT2D eigenvalue weighted by atomic mass is 10.0. The third-order valence-electron chi connectivity index (χ3n) is 7.64. The molecule has 0 amide bonds. The minimum Gasteiger partial charge on any atom is -0.382 e. The first-order chi connectivity index (χ1) is 19.8. The van der Waals surface area contributed by atoms with Crippen LogP contribution < -0.4 is 21.9 Å². The van der Waals surface area contributed by atoms with E-state index in [9.17, 15) is 10.1 Å². The van der Waals surface area contributed by atoms with E-state index < -0.39 is 0 Å². The number of rotatable bonds is 5. The van der Waals surface area contributed by atoms with Gasteiger partial charge in [0.05, 0.1) is 28.8 Å². The highest BCUT2D eigenvalue weighted by molar-refractivity contribution is 5.94. The molecule has 11 heteroatoms. The summed E-state index contributed by atoms with van der Waals surface area (Å²) in [6.07, 6.45) is 5.20. The van der Waals surface area contributed by atoms with Gasteiger partial charge in [-0.1, -0.05) is 30.3 Å². The second-order valence-corrected chi connectivity index (χ2v) is 10.6. The van der Waals surface area contributed by atoms with Gasteiger partial charge < -0.3 is 16.4 Å². The summed E-state index contributed by atoms with van der Waals surface area (Å²) in [6, 6.07) is 17.1. The molecule has 1 aliphatic heterocycles. The van der Waals surface area contributed by atoms with Gasteiger partial charge in [0.25, 0.3) is 5.56 Å². The molecule has 41 heavy (non-hydrogen) atoms. The van der Waals surface area contributed by atoms with Crippen LogP contribution in [0.15, 0.2) is 65.7 Å². The zero-order valence-electron chi connectivity index (χ0n) is 23.1. The summed E-state index contributed by atoms with van der Waals surface area (Å²) in [7, 11) is 0. The molecule has 0 saturated carbocycles. The molecule has 4 heterocycles.